The quantitative estimate of drug-likeness (QED) is 0.282. The van der Waals surface area contributed by atoms with E-state index in [9.17, 15) is 4.79 Å². The summed E-state index contributed by atoms with van der Waals surface area (Å²) >= 11 is 1.46. The smallest absolute Gasteiger partial charge is 0.228 e. The van der Waals surface area contributed by atoms with Gasteiger partial charge in [-0.1, -0.05) is 5.16 Å². The minimum Gasteiger partial charge on any atom is -0.409 e. The minimum atomic E-state index is -0.298. The fourth-order valence-corrected chi connectivity index (χ4v) is 1.33. The summed E-state index contributed by atoms with van der Waals surface area (Å²) in [7, 11) is 0. The van der Waals surface area contributed by atoms with E-state index in [1.54, 1.807) is 5.51 Å². The van der Waals surface area contributed by atoms with Crippen LogP contribution in [-0.4, -0.2) is 21.9 Å². The summed E-state index contributed by atoms with van der Waals surface area (Å²) in [5.41, 5.74) is 7.63. The van der Waals surface area contributed by atoms with Crippen molar-refractivity contribution in [3.05, 3.63) is 16.6 Å². The lowest BCUT2D eigenvalue weighted by molar-refractivity contribution is -0.120. The van der Waals surface area contributed by atoms with Crippen molar-refractivity contribution in [2.45, 2.75) is 13.0 Å². The second kappa shape index (κ2) is 5.18. The summed E-state index contributed by atoms with van der Waals surface area (Å²) in [5.74, 6) is -0.408. The number of amidine groups is 1. The van der Waals surface area contributed by atoms with Crippen molar-refractivity contribution in [2.24, 2.45) is 10.9 Å². The molecule has 1 aromatic rings. The molecule has 0 aliphatic carbocycles. The van der Waals surface area contributed by atoms with Crippen LogP contribution in [0.1, 0.15) is 12.1 Å². The summed E-state index contributed by atoms with van der Waals surface area (Å²) < 4.78 is 0. The van der Waals surface area contributed by atoms with Crippen LogP contribution in [0, 0.1) is 0 Å². The molecule has 0 saturated carbocycles. The van der Waals surface area contributed by atoms with Gasteiger partial charge in [0.1, 0.15) is 5.84 Å². The normalized spacial score (nSPS) is 11.3. The zero-order valence-electron chi connectivity index (χ0n) is 7.30. The Balaban J connectivity index is 2.29. The molecular formula is C7H10N4O2S. The van der Waals surface area contributed by atoms with Gasteiger partial charge in [-0.2, -0.15) is 0 Å². The van der Waals surface area contributed by atoms with Gasteiger partial charge in [0, 0.05) is 5.38 Å². The maximum atomic E-state index is 11.1. The molecule has 1 rings (SSSR count). The Bertz CT molecular complexity index is 322. The van der Waals surface area contributed by atoms with Crippen LogP contribution in [-0.2, 0) is 11.3 Å². The summed E-state index contributed by atoms with van der Waals surface area (Å²) in [6, 6.07) is 0. The van der Waals surface area contributed by atoms with Gasteiger partial charge in [-0.15, -0.1) is 11.3 Å². The SMILES string of the molecule is NC(CC(=O)NCc1cscn1)=NO. The Labute approximate surface area is 84.4 Å². The predicted molar refractivity (Wildman–Crippen MR) is 52.0 cm³/mol. The number of carbonyl (C=O) groups excluding carboxylic acids is 1. The highest BCUT2D eigenvalue weighted by molar-refractivity contribution is 7.07. The first-order valence-electron chi connectivity index (χ1n) is 3.82. The molecule has 76 valence electrons. The monoisotopic (exact) mass is 214 g/mol. The number of oxime groups is 1. The van der Waals surface area contributed by atoms with Crippen LogP contribution in [0.2, 0.25) is 0 Å². The van der Waals surface area contributed by atoms with Gasteiger partial charge < -0.3 is 16.3 Å². The second-order valence-corrected chi connectivity index (χ2v) is 3.24. The number of rotatable bonds is 4. The third kappa shape index (κ3) is 3.40. The van der Waals surface area contributed by atoms with Gasteiger partial charge >= 0.3 is 0 Å². The fourth-order valence-electron chi connectivity index (χ4n) is 0.776. The molecule has 4 N–H and O–H groups in total. The molecule has 0 fully saturated rings. The molecule has 0 saturated heterocycles. The largest absolute Gasteiger partial charge is 0.409 e. The number of hydrogen-bond donors (Lipinski definition) is 3. The number of nitrogens with two attached hydrogens (primary N) is 1. The third-order valence-corrected chi connectivity index (χ3v) is 2.06. The van der Waals surface area contributed by atoms with E-state index in [-0.39, 0.29) is 18.2 Å². The summed E-state index contributed by atoms with van der Waals surface area (Å²) in [4.78, 5) is 15.1. The first-order valence-corrected chi connectivity index (χ1v) is 4.77. The van der Waals surface area contributed by atoms with E-state index >= 15 is 0 Å². The number of thiazole rings is 1. The lowest BCUT2D eigenvalue weighted by atomic mass is 10.3. The van der Waals surface area contributed by atoms with E-state index in [0.29, 0.717) is 6.54 Å². The average molecular weight is 214 g/mol. The van der Waals surface area contributed by atoms with Crippen molar-refractivity contribution in [1.82, 2.24) is 10.3 Å². The van der Waals surface area contributed by atoms with E-state index < -0.39 is 0 Å². The second-order valence-electron chi connectivity index (χ2n) is 2.52. The minimum absolute atomic E-state index is 0.110. The molecule has 6 nitrogen and oxygen atoms in total. The zero-order valence-corrected chi connectivity index (χ0v) is 8.12. The zero-order chi connectivity index (χ0) is 10.4. The molecule has 0 radical (unpaired) electrons. The van der Waals surface area contributed by atoms with Crippen molar-refractivity contribution >= 4 is 23.1 Å². The van der Waals surface area contributed by atoms with Gasteiger partial charge in [0.15, 0.2) is 0 Å². The number of nitrogens with zero attached hydrogens (tertiary/aromatic N) is 2. The molecule has 0 aliphatic rings. The summed E-state index contributed by atoms with van der Waals surface area (Å²) in [6.07, 6.45) is -0.110. The van der Waals surface area contributed by atoms with Crippen LogP contribution in [0.15, 0.2) is 16.0 Å². The first kappa shape index (κ1) is 10.5. The number of carbonyl (C=O) groups is 1. The molecule has 1 heterocycles. The van der Waals surface area contributed by atoms with Crippen LogP contribution in [0.5, 0.6) is 0 Å². The van der Waals surface area contributed by atoms with E-state index in [1.165, 1.54) is 11.3 Å². The number of amides is 1. The highest BCUT2D eigenvalue weighted by Crippen LogP contribution is 1.99. The molecule has 1 aromatic heterocycles. The van der Waals surface area contributed by atoms with Gasteiger partial charge in [0.2, 0.25) is 5.91 Å². The lowest BCUT2D eigenvalue weighted by Gasteiger charge is -2.01. The number of nitrogens with one attached hydrogen (secondary N) is 1. The van der Waals surface area contributed by atoms with E-state index in [0.717, 1.165) is 5.69 Å². The van der Waals surface area contributed by atoms with Gasteiger partial charge in [-0.3, -0.25) is 4.79 Å². The topological polar surface area (TPSA) is 101 Å². The van der Waals surface area contributed by atoms with Crippen LogP contribution in [0.3, 0.4) is 0 Å². The first-order chi connectivity index (χ1) is 6.72. The van der Waals surface area contributed by atoms with Gasteiger partial charge in [0.25, 0.3) is 0 Å². The number of hydrogen-bond acceptors (Lipinski definition) is 5. The molecule has 0 unspecified atom stereocenters. The van der Waals surface area contributed by atoms with Gasteiger partial charge in [0.05, 0.1) is 24.2 Å². The van der Waals surface area contributed by atoms with Crippen LogP contribution in [0.4, 0.5) is 0 Å². The number of aromatic nitrogens is 1. The van der Waals surface area contributed by atoms with Crippen LogP contribution in [0.25, 0.3) is 0 Å². The van der Waals surface area contributed by atoms with Gasteiger partial charge in [-0.05, 0) is 0 Å². The molecule has 7 heteroatoms. The maximum Gasteiger partial charge on any atom is 0.228 e. The van der Waals surface area contributed by atoms with Crippen molar-refractivity contribution in [3.8, 4) is 0 Å². The standard InChI is InChI=1S/C7H10N4O2S/c8-6(11-13)1-7(12)9-2-5-3-14-4-10-5/h3-4,13H,1-2H2,(H2,8,11)(H,9,12). The Morgan fingerprint density at radius 3 is 3.14 bits per heavy atom. The molecule has 0 aromatic carbocycles. The maximum absolute atomic E-state index is 11.1. The third-order valence-electron chi connectivity index (χ3n) is 1.42. The summed E-state index contributed by atoms with van der Waals surface area (Å²) in [5, 5.41) is 15.3. The Morgan fingerprint density at radius 1 is 1.79 bits per heavy atom. The van der Waals surface area contributed by atoms with Crippen molar-refractivity contribution < 1.29 is 10.0 Å². The Hall–Kier alpha value is -1.63. The predicted octanol–water partition coefficient (Wildman–Crippen LogP) is -0.104. The average Bonchev–Trinajstić information content (AvgIpc) is 2.67. The molecule has 0 bridgehead atoms. The van der Waals surface area contributed by atoms with E-state index in [2.05, 4.69) is 15.5 Å². The highest BCUT2D eigenvalue weighted by atomic mass is 32.1. The molecule has 0 atom stereocenters. The molecule has 1 amide bonds. The van der Waals surface area contributed by atoms with E-state index in [1.807, 2.05) is 5.38 Å². The van der Waals surface area contributed by atoms with Crippen molar-refractivity contribution in [2.75, 3.05) is 0 Å². The highest BCUT2D eigenvalue weighted by Gasteiger charge is 2.04. The fraction of sp³-hybridized carbons (Fsp3) is 0.286. The van der Waals surface area contributed by atoms with E-state index in [4.69, 9.17) is 10.9 Å². The Kier molecular flexibility index (Phi) is 3.86. The molecule has 0 spiro atoms. The molecule has 14 heavy (non-hydrogen) atoms. The van der Waals surface area contributed by atoms with Gasteiger partial charge in [-0.25, -0.2) is 4.98 Å². The van der Waals surface area contributed by atoms with Crippen LogP contribution < -0.4 is 11.1 Å². The van der Waals surface area contributed by atoms with Crippen LogP contribution >= 0.6 is 11.3 Å². The lowest BCUT2D eigenvalue weighted by Crippen LogP contribution is -2.28. The van der Waals surface area contributed by atoms with Crippen molar-refractivity contribution in [3.63, 3.8) is 0 Å². The molecular weight excluding hydrogens is 204 g/mol. The Morgan fingerprint density at radius 2 is 2.57 bits per heavy atom. The molecule has 0 aliphatic heterocycles. The summed E-state index contributed by atoms with van der Waals surface area (Å²) in [6.45, 7) is 0.362. The van der Waals surface area contributed by atoms with Crippen molar-refractivity contribution in [1.29, 1.82) is 0 Å².